The molecule has 3 aliphatic carbocycles. The van der Waals surface area contributed by atoms with E-state index in [-0.39, 0.29) is 5.91 Å². The number of thioether (sulfide) groups is 1. The van der Waals surface area contributed by atoms with Crippen LogP contribution in [0.3, 0.4) is 0 Å². The molecule has 0 radical (unpaired) electrons. The second-order valence-electron chi connectivity index (χ2n) is 7.22. The number of amides is 1. The second-order valence-corrected chi connectivity index (χ2v) is 8.28. The van der Waals surface area contributed by atoms with Crippen molar-refractivity contribution in [3.05, 3.63) is 5.82 Å². The first-order valence-corrected chi connectivity index (χ1v) is 10.2. The van der Waals surface area contributed by atoms with Gasteiger partial charge in [0.15, 0.2) is 5.16 Å². The first-order valence-electron chi connectivity index (χ1n) is 9.18. The summed E-state index contributed by atoms with van der Waals surface area (Å²) in [7, 11) is 0. The Balaban J connectivity index is 1.27. The van der Waals surface area contributed by atoms with E-state index in [1.54, 1.807) is 11.8 Å². The highest BCUT2D eigenvalue weighted by molar-refractivity contribution is 7.99. The van der Waals surface area contributed by atoms with Gasteiger partial charge in [0.25, 0.3) is 0 Å². The molecule has 5 nitrogen and oxygen atoms in total. The molecule has 6 heteroatoms. The van der Waals surface area contributed by atoms with Crippen LogP contribution in [0.4, 0.5) is 0 Å². The Bertz CT molecular complexity index is 559. The van der Waals surface area contributed by atoms with Crippen LogP contribution < -0.4 is 5.32 Å². The van der Waals surface area contributed by atoms with E-state index < -0.39 is 0 Å². The Morgan fingerprint density at radius 1 is 1.09 bits per heavy atom. The lowest BCUT2D eigenvalue weighted by atomic mass is 9.95. The number of carbonyl (C=O) groups excluding carboxylic acids is 1. The average molecular weight is 334 g/mol. The molecule has 4 rings (SSSR count). The minimum atomic E-state index is 0.198. The van der Waals surface area contributed by atoms with Gasteiger partial charge in [0.2, 0.25) is 5.91 Å². The fourth-order valence-electron chi connectivity index (χ4n) is 3.46. The van der Waals surface area contributed by atoms with Gasteiger partial charge < -0.3 is 9.88 Å². The van der Waals surface area contributed by atoms with Crippen molar-refractivity contribution < 1.29 is 4.79 Å². The maximum absolute atomic E-state index is 12.1. The lowest BCUT2D eigenvalue weighted by Crippen LogP contribution is -2.36. The van der Waals surface area contributed by atoms with E-state index in [1.807, 2.05) is 0 Å². The number of carbonyl (C=O) groups is 1. The van der Waals surface area contributed by atoms with Crippen molar-refractivity contribution in [3.63, 3.8) is 0 Å². The molecule has 0 aromatic carbocycles. The third-order valence-electron chi connectivity index (χ3n) is 5.08. The fourth-order valence-corrected chi connectivity index (χ4v) is 4.41. The monoisotopic (exact) mass is 334 g/mol. The largest absolute Gasteiger partial charge is 0.353 e. The zero-order valence-electron chi connectivity index (χ0n) is 13.7. The molecule has 3 saturated carbocycles. The van der Waals surface area contributed by atoms with E-state index in [4.69, 9.17) is 0 Å². The van der Waals surface area contributed by atoms with Crippen molar-refractivity contribution in [2.45, 2.75) is 87.4 Å². The third-order valence-corrected chi connectivity index (χ3v) is 6.02. The molecule has 0 bridgehead atoms. The van der Waals surface area contributed by atoms with Crippen molar-refractivity contribution in [1.29, 1.82) is 0 Å². The molecule has 1 amide bonds. The summed E-state index contributed by atoms with van der Waals surface area (Å²) in [6.07, 6.45) is 11.8. The summed E-state index contributed by atoms with van der Waals surface area (Å²) in [6.45, 7) is 0. The summed E-state index contributed by atoms with van der Waals surface area (Å²) >= 11 is 1.70. The molecule has 0 saturated heterocycles. The van der Waals surface area contributed by atoms with Crippen LogP contribution in [-0.4, -0.2) is 32.5 Å². The molecule has 1 N–H and O–H groups in total. The summed E-state index contributed by atoms with van der Waals surface area (Å²) in [5.41, 5.74) is 0. The van der Waals surface area contributed by atoms with Gasteiger partial charge in [-0.2, -0.15) is 0 Å². The van der Waals surface area contributed by atoms with Crippen molar-refractivity contribution in [2.24, 2.45) is 0 Å². The van der Waals surface area contributed by atoms with Crippen molar-refractivity contribution >= 4 is 17.7 Å². The minimum Gasteiger partial charge on any atom is -0.353 e. The molecule has 0 atom stereocenters. The standard InChI is InChI=1S/C17H26N4OS/c22-15(18-13-4-2-1-3-5-13)10-11-23-17-20-19-16(12-6-7-12)21(17)14-8-9-14/h12-14H,1-11H2,(H,18,22). The molecule has 1 aromatic rings. The maximum atomic E-state index is 12.1. The molecule has 0 aliphatic heterocycles. The average Bonchev–Trinajstić information content (AvgIpc) is 3.48. The number of aromatic nitrogens is 3. The Hall–Kier alpha value is -1.04. The van der Waals surface area contributed by atoms with E-state index in [1.165, 1.54) is 50.8 Å². The molecule has 3 aliphatic rings. The summed E-state index contributed by atoms with van der Waals surface area (Å²) in [4.78, 5) is 12.1. The van der Waals surface area contributed by atoms with Crippen LogP contribution in [-0.2, 0) is 4.79 Å². The predicted octanol–water partition coefficient (Wildman–Crippen LogP) is 3.42. The van der Waals surface area contributed by atoms with Crippen LogP contribution in [0, 0.1) is 0 Å². The minimum absolute atomic E-state index is 0.198. The quantitative estimate of drug-likeness (QED) is 0.776. The molecule has 0 spiro atoms. The summed E-state index contributed by atoms with van der Waals surface area (Å²) in [6, 6.07) is 1.04. The zero-order chi connectivity index (χ0) is 15.6. The highest BCUT2D eigenvalue weighted by Gasteiger charge is 2.36. The molecular weight excluding hydrogens is 308 g/mol. The van der Waals surface area contributed by atoms with Crippen molar-refractivity contribution in [2.75, 3.05) is 5.75 Å². The number of nitrogens with zero attached hydrogens (tertiary/aromatic N) is 3. The number of hydrogen-bond acceptors (Lipinski definition) is 4. The molecule has 0 unspecified atom stereocenters. The topological polar surface area (TPSA) is 59.8 Å². The van der Waals surface area contributed by atoms with Crippen LogP contribution in [0.15, 0.2) is 5.16 Å². The summed E-state index contributed by atoms with van der Waals surface area (Å²) in [5.74, 6) is 2.84. The van der Waals surface area contributed by atoms with Gasteiger partial charge in [-0.3, -0.25) is 4.79 Å². The van der Waals surface area contributed by atoms with Crippen molar-refractivity contribution in [3.8, 4) is 0 Å². The van der Waals surface area contributed by atoms with Gasteiger partial charge >= 0.3 is 0 Å². The van der Waals surface area contributed by atoms with Crippen LogP contribution >= 0.6 is 11.8 Å². The molecule has 23 heavy (non-hydrogen) atoms. The van der Waals surface area contributed by atoms with E-state index in [0.717, 1.165) is 23.8 Å². The molecule has 126 valence electrons. The van der Waals surface area contributed by atoms with Gasteiger partial charge in [-0.05, 0) is 38.5 Å². The molecule has 3 fully saturated rings. The predicted molar refractivity (Wildman–Crippen MR) is 90.6 cm³/mol. The summed E-state index contributed by atoms with van der Waals surface area (Å²) < 4.78 is 2.36. The van der Waals surface area contributed by atoms with Gasteiger partial charge in [-0.1, -0.05) is 31.0 Å². The Labute approximate surface area is 142 Å². The summed E-state index contributed by atoms with van der Waals surface area (Å²) in [5, 5.41) is 13.0. The van der Waals surface area contributed by atoms with Gasteiger partial charge in [0.1, 0.15) is 5.82 Å². The van der Waals surface area contributed by atoms with E-state index in [2.05, 4.69) is 20.1 Å². The highest BCUT2D eigenvalue weighted by atomic mass is 32.2. The van der Waals surface area contributed by atoms with Gasteiger partial charge in [-0.15, -0.1) is 10.2 Å². The Kier molecular flexibility index (Phi) is 4.60. The number of hydrogen-bond donors (Lipinski definition) is 1. The molecular formula is C17H26N4OS. The van der Waals surface area contributed by atoms with Gasteiger partial charge in [0.05, 0.1) is 0 Å². The SMILES string of the molecule is O=C(CCSc1nnc(C2CC2)n1C1CC1)NC1CCCCC1. The highest BCUT2D eigenvalue weighted by Crippen LogP contribution is 2.46. The van der Waals surface area contributed by atoms with Gasteiger partial charge in [-0.25, -0.2) is 0 Å². The van der Waals surface area contributed by atoms with Crippen LogP contribution in [0.1, 0.15) is 82.0 Å². The normalized spacial score (nSPS) is 22.3. The Morgan fingerprint density at radius 3 is 2.57 bits per heavy atom. The van der Waals surface area contributed by atoms with E-state index >= 15 is 0 Å². The number of rotatable bonds is 7. The zero-order valence-corrected chi connectivity index (χ0v) is 14.5. The lowest BCUT2D eigenvalue weighted by molar-refractivity contribution is -0.121. The third kappa shape index (κ3) is 3.90. The first kappa shape index (κ1) is 15.5. The molecule has 1 heterocycles. The van der Waals surface area contributed by atoms with Crippen molar-refractivity contribution in [1.82, 2.24) is 20.1 Å². The fraction of sp³-hybridized carbons (Fsp3) is 0.824. The van der Waals surface area contributed by atoms with E-state index in [9.17, 15) is 4.79 Å². The number of nitrogens with one attached hydrogen (secondary N) is 1. The van der Waals surface area contributed by atoms with E-state index in [0.29, 0.717) is 24.4 Å². The smallest absolute Gasteiger partial charge is 0.221 e. The van der Waals surface area contributed by atoms with Crippen LogP contribution in [0.2, 0.25) is 0 Å². The maximum Gasteiger partial charge on any atom is 0.221 e. The lowest BCUT2D eigenvalue weighted by Gasteiger charge is -2.22. The first-order chi connectivity index (χ1) is 11.3. The molecule has 1 aromatic heterocycles. The van der Waals surface area contributed by atoms with Gasteiger partial charge in [0, 0.05) is 30.2 Å². The Morgan fingerprint density at radius 2 is 1.87 bits per heavy atom. The van der Waals surface area contributed by atoms with Crippen LogP contribution in [0.25, 0.3) is 0 Å². The van der Waals surface area contributed by atoms with Crippen LogP contribution in [0.5, 0.6) is 0 Å². The second kappa shape index (κ2) is 6.83.